The van der Waals surface area contributed by atoms with Gasteiger partial charge in [0.25, 0.3) is 0 Å². The van der Waals surface area contributed by atoms with Crippen molar-refractivity contribution in [2.24, 2.45) is 11.7 Å². The van der Waals surface area contributed by atoms with E-state index in [1.807, 2.05) is 0 Å². The van der Waals surface area contributed by atoms with Gasteiger partial charge in [-0.2, -0.15) is 0 Å². The zero-order valence-corrected chi connectivity index (χ0v) is 11.3. The average molecular weight is 227 g/mol. The van der Waals surface area contributed by atoms with Crippen LogP contribution in [0.2, 0.25) is 0 Å². The van der Waals surface area contributed by atoms with Crippen LogP contribution < -0.4 is 5.73 Å². The Morgan fingerprint density at radius 2 is 2.00 bits per heavy atom. The van der Waals surface area contributed by atoms with E-state index < -0.39 is 0 Å². The van der Waals surface area contributed by atoms with Crippen molar-refractivity contribution in [3.8, 4) is 0 Å². The zero-order chi connectivity index (χ0) is 12.0. The van der Waals surface area contributed by atoms with Crippen LogP contribution in [0.4, 0.5) is 0 Å². The summed E-state index contributed by atoms with van der Waals surface area (Å²) >= 11 is 0. The van der Waals surface area contributed by atoms with Crippen molar-refractivity contribution in [1.82, 2.24) is 9.80 Å². The predicted octanol–water partition coefficient (Wildman–Crippen LogP) is 1.39. The van der Waals surface area contributed by atoms with Crippen molar-refractivity contribution in [3.63, 3.8) is 0 Å². The lowest BCUT2D eigenvalue weighted by Crippen LogP contribution is -2.40. The molecule has 2 N–H and O–H groups in total. The standard InChI is InChI=1S/C13H29N3/c1-4-13(5-8-14)16(3)11-12-6-9-15(2)10-7-12/h12-13H,4-11,14H2,1-3H3. The van der Waals surface area contributed by atoms with Crippen LogP contribution in [0.5, 0.6) is 0 Å². The molecular formula is C13H29N3. The van der Waals surface area contributed by atoms with Crippen LogP contribution in [0, 0.1) is 5.92 Å². The van der Waals surface area contributed by atoms with Crippen molar-refractivity contribution in [1.29, 1.82) is 0 Å². The third-order valence-corrected chi connectivity index (χ3v) is 3.98. The number of nitrogens with two attached hydrogens (primary N) is 1. The van der Waals surface area contributed by atoms with Gasteiger partial charge in [-0.25, -0.2) is 0 Å². The maximum atomic E-state index is 5.66. The zero-order valence-electron chi connectivity index (χ0n) is 11.3. The van der Waals surface area contributed by atoms with Gasteiger partial charge in [0, 0.05) is 12.6 Å². The van der Waals surface area contributed by atoms with E-state index in [9.17, 15) is 0 Å². The van der Waals surface area contributed by atoms with Crippen LogP contribution in [0.15, 0.2) is 0 Å². The summed E-state index contributed by atoms with van der Waals surface area (Å²) in [5.74, 6) is 0.896. The van der Waals surface area contributed by atoms with Crippen molar-refractivity contribution in [2.45, 2.75) is 38.6 Å². The number of nitrogens with zero attached hydrogens (tertiary/aromatic N) is 2. The van der Waals surface area contributed by atoms with E-state index in [0.29, 0.717) is 6.04 Å². The van der Waals surface area contributed by atoms with E-state index in [1.165, 1.54) is 38.9 Å². The van der Waals surface area contributed by atoms with Crippen molar-refractivity contribution in [2.75, 3.05) is 40.3 Å². The second-order valence-corrected chi connectivity index (χ2v) is 5.33. The summed E-state index contributed by atoms with van der Waals surface area (Å²) in [5, 5.41) is 0. The third-order valence-electron chi connectivity index (χ3n) is 3.98. The SMILES string of the molecule is CCC(CCN)N(C)CC1CCN(C)CC1. The maximum Gasteiger partial charge on any atom is 0.0102 e. The molecule has 0 aromatic rings. The highest BCUT2D eigenvalue weighted by Crippen LogP contribution is 2.18. The summed E-state index contributed by atoms with van der Waals surface area (Å²) in [6.07, 6.45) is 5.08. The van der Waals surface area contributed by atoms with Crippen molar-refractivity contribution in [3.05, 3.63) is 0 Å². The van der Waals surface area contributed by atoms with Gasteiger partial charge in [0.15, 0.2) is 0 Å². The second kappa shape index (κ2) is 7.25. The molecule has 0 aromatic carbocycles. The summed E-state index contributed by atoms with van der Waals surface area (Å²) in [6.45, 7) is 6.88. The van der Waals surface area contributed by atoms with Crippen LogP contribution in [0.3, 0.4) is 0 Å². The predicted molar refractivity (Wildman–Crippen MR) is 70.6 cm³/mol. The number of piperidine rings is 1. The van der Waals surface area contributed by atoms with Crippen LogP contribution in [0.25, 0.3) is 0 Å². The molecule has 0 bridgehead atoms. The number of hydrogen-bond acceptors (Lipinski definition) is 3. The molecule has 0 aliphatic carbocycles. The Labute approximate surface area is 101 Å². The van der Waals surface area contributed by atoms with Gasteiger partial charge in [0.1, 0.15) is 0 Å². The summed E-state index contributed by atoms with van der Waals surface area (Å²) < 4.78 is 0. The quantitative estimate of drug-likeness (QED) is 0.744. The molecule has 0 radical (unpaired) electrons. The molecule has 3 nitrogen and oxygen atoms in total. The van der Waals surface area contributed by atoms with E-state index in [4.69, 9.17) is 5.73 Å². The molecule has 0 aromatic heterocycles. The van der Waals surface area contributed by atoms with Crippen LogP contribution >= 0.6 is 0 Å². The Balaban J connectivity index is 2.29. The van der Waals surface area contributed by atoms with Gasteiger partial charge < -0.3 is 15.5 Å². The molecule has 96 valence electrons. The molecule has 1 aliphatic heterocycles. The minimum absolute atomic E-state index is 0.685. The van der Waals surface area contributed by atoms with Gasteiger partial charge in [-0.15, -0.1) is 0 Å². The van der Waals surface area contributed by atoms with Gasteiger partial charge in [-0.05, 0) is 65.3 Å². The normalized spacial score (nSPS) is 21.6. The first-order chi connectivity index (χ1) is 7.67. The lowest BCUT2D eigenvalue weighted by Gasteiger charge is -2.34. The van der Waals surface area contributed by atoms with Gasteiger partial charge in [0.2, 0.25) is 0 Å². The van der Waals surface area contributed by atoms with Gasteiger partial charge in [-0.1, -0.05) is 6.92 Å². The number of rotatable bonds is 6. The molecule has 1 heterocycles. The topological polar surface area (TPSA) is 32.5 Å². The highest BCUT2D eigenvalue weighted by atomic mass is 15.1. The first kappa shape index (κ1) is 13.9. The summed E-state index contributed by atoms with van der Waals surface area (Å²) in [7, 11) is 4.49. The second-order valence-electron chi connectivity index (χ2n) is 5.33. The minimum atomic E-state index is 0.685. The smallest absolute Gasteiger partial charge is 0.0102 e. The van der Waals surface area contributed by atoms with E-state index in [0.717, 1.165) is 18.9 Å². The molecular weight excluding hydrogens is 198 g/mol. The lowest BCUT2D eigenvalue weighted by atomic mass is 9.95. The molecule has 1 saturated heterocycles. The monoisotopic (exact) mass is 227 g/mol. The average Bonchev–Trinajstić information content (AvgIpc) is 2.29. The number of likely N-dealkylation sites (tertiary alicyclic amines) is 1. The van der Waals surface area contributed by atoms with E-state index in [-0.39, 0.29) is 0 Å². The lowest BCUT2D eigenvalue weighted by molar-refractivity contribution is 0.144. The van der Waals surface area contributed by atoms with E-state index >= 15 is 0 Å². The molecule has 1 unspecified atom stereocenters. The third kappa shape index (κ3) is 4.40. The Morgan fingerprint density at radius 3 is 2.50 bits per heavy atom. The van der Waals surface area contributed by atoms with Gasteiger partial charge in [0.05, 0.1) is 0 Å². The fourth-order valence-electron chi connectivity index (χ4n) is 2.73. The minimum Gasteiger partial charge on any atom is -0.330 e. The first-order valence-electron chi connectivity index (χ1n) is 6.76. The maximum absolute atomic E-state index is 5.66. The van der Waals surface area contributed by atoms with Crippen molar-refractivity contribution < 1.29 is 0 Å². The fourth-order valence-corrected chi connectivity index (χ4v) is 2.73. The molecule has 16 heavy (non-hydrogen) atoms. The van der Waals surface area contributed by atoms with Crippen LogP contribution in [-0.4, -0.2) is 56.1 Å². The molecule has 0 spiro atoms. The van der Waals surface area contributed by atoms with Crippen LogP contribution in [0.1, 0.15) is 32.6 Å². The molecule has 0 saturated carbocycles. The molecule has 3 heteroatoms. The van der Waals surface area contributed by atoms with E-state index in [1.54, 1.807) is 0 Å². The number of hydrogen-bond donors (Lipinski definition) is 1. The Kier molecular flexibility index (Phi) is 6.32. The summed E-state index contributed by atoms with van der Waals surface area (Å²) in [5.41, 5.74) is 5.66. The molecule has 1 fully saturated rings. The molecule has 1 rings (SSSR count). The Bertz CT molecular complexity index is 176. The van der Waals surface area contributed by atoms with Crippen molar-refractivity contribution >= 4 is 0 Å². The van der Waals surface area contributed by atoms with Crippen LogP contribution in [-0.2, 0) is 0 Å². The van der Waals surface area contributed by atoms with E-state index in [2.05, 4.69) is 30.8 Å². The fraction of sp³-hybridized carbons (Fsp3) is 1.00. The highest BCUT2D eigenvalue weighted by molar-refractivity contribution is 4.75. The highest BCUT2D eigenvalue weighted by Gasteiger charge is 2.20. The molecule has 0 amide bonds. The van der Waals surface area contributed by atoms with Gasteiger partial charge >= 0.3 is 0 Å². The largest absolute Gasteiger partial charge is 0.330 e. The molecule has 1 atom stereocenters. The summed E-state index contributed by atoms with van der Waals surface area (Å²) in [4.78, 5) is 4.97. The Hall–Kier alpha value is -0.120. The molecule has 1 aliphatic rings. The van der Waals surface area contributed by atoms with Gasteiger partial charge in [-0.3, -0.25) is 0 Å². The first-order valence-corrected chi connectivity index (χ1v) is 6.76. The summed E-state index contributed by atoms with van der Waals surface area (Å²) in [6, 6.07) is 0.685. The Morgan fingerprint density at radius 1 is 1.38 bits per heavy atom.